The van der Waals surface area contributed by atoms with Crippen molar-refractivity contribution in [2.24, 2.45) is 0 Å². The zero-order valence-electron chi connectivity index (χ0n) is 12.9. The molecule has 0 spiro atoms. The van der Waals surface area contributed by atoms with Crippen molar-refractivity contribution < 1.29 is 4.74 Å². The molecule has 1 aromatic heterocycles. The standard InChI is InChI=1S/C14H28N4O/c1-6-19-11-7-8-15-13-16-9-10-18(13)12-14(2,3)17(4)5/h9-10H,6-8,11-12H2,1-5H3,(H,15,16). The largest absolute Gasteiger partial charge is 0.382 e. The molecule has 0 aliphatic heterocycles. The van der Waals surface area contributed by atoms with Gasteiger partial charge in [0.05, 0.1) is 0 Å². The van der Waals surface area contributed by atoms with Gasteiger partial charge in [0.2, 0.25) is 5.95 Å². The third-order valence-electron chi connectivity index (χ3n) is 3.44. The highest BCUT2D eigenvalue weighted by Gasteiger charge is 2.22. The summed E-state index contributed by atoms with van der Waals surface area (Å²) in [5.41, 5.74) is 0.0997. The average Bonchev–Trinajstić information content (AvgIpc) is 2.75. The van der Waals surface area contributed by atoms with Crippen LogP contribution in [0.25, 0.3) is 0 Å². The summed E-state index contributed by atoms with van der Waals surface area (Å²) in [6.45, 7) is 9.85. The van der Waals surface area contributed by atoms with E-state index in [9.17, 15) is 0 Å². The molecule has 1 heterocycles. The Labute approximate surface area is 117 Å². The van der Waals surface area contributed by atoms with Crippen LogP contribution in [0.5, 0.6) is 0 Å². The molecule has 5 heteroatoms. The predicted molar refractivity (Wildman–Crippen MR) is 79.6 cm³/mol. The van der Waals surface area contributed by atoms with Crippen molar-refractivity contribution in [3.63, 3.8) is 0 Å². The maximum atomic E-state index is 5.32. The summed E-state index contributed by atoms with van der Waals surface area (Å²) in [6, 6.07) is 0. The lowest BCUT2D eigenvalue weighted by Crippen LogP contribution is -2.42. The summed E-state index contributed by atoms with van der Waals surface area (Å²) in [7, 11) is 4.21. The molecular weight excluding hydrogens is 240 g/mol. The van der Waals surface area contributed by atoms with Gasteiger partial charge in [0.25, 0.3) is 0 Å². The fourth-order valence-corrected chi connectivity index (χ4v) is 1.68. The fourth-order valence-electron chi connectivity index (χ4n) is 1.68. The lowest BCUT2D eigenvalue weighted by molar-refractivity contribution is 0.147. The van der Waals surface area contributed by atoms with Gasteiger partial charge in [-0.15, -0.1) is 0 Å². The second-order valence-corrected chi connectivity index (χ2v) is 5.56. The Bertz CT molecular complexity index is 360. The summed E-state index contributed by atoms with van der Waals surface area (Å²) in [6.07, 6.45) is 4.87. The molecule has 0 aliphatic carbocycles. The number of rotatable bonds is 9. The molecule has 5 nitrogen and oxygen atoms in total. The van der Waals surface area contributed by atoms with Crippen LogP contribution in [0.4, 0.5) is 5.95 Å². The summed E-state index contributed by atoms with van der Waals surface area (Å²) in [4.78, 5) is 6.60. The van der Waals surface area contributed by atoms with E-state index >= 15 is 0 Å². The third kappa shape index (κ3) is 5.20. The minimum atomic E-state index is 0.0997. The van der Waals surface area contributed by atoms with E-state index in [2.05, 4.69) is 47.7 Å². The van der Waals surface area contributed by atoms with Crippen LogP contribution in [0.1, 0.15) is 27.2 Å². The van der Waals surface area contributed by atoms with Crippen LogP contribution >= 0.6 is 0 Å². The lowest BCUT2D eigenvalue weighted by Gasteiger charge is -2.33. The molecular formula is C14H28N4O. The minimum Gasteiger partial charge on any atom is -0.382 e. The molecule has 0 saturated heterocycles. The van der Waals surface area contributed by atoms with Gasteiger partial charge in [0.15, 0.2) is 0 Å². The second kappa shape index (κ2) is 7.50. The van der Waals surface area contributed by atoms with Crippen molar-refractivity contribution in [3.05, 3.63) is 12.4 Å². The smallest absolute Gasteiger partial charge is 0.202 e. The monoisotopic (exact) mass is 268 g/mol. The Kier molecular flexibility index (Phi) is 6.31. The molecule has 0 aromatic carbocycles. The first-order valence-electron chi connectivity index (χ1n) is 6.97. The number of hydrogen-bond donors (Lipinski definition) is 1. The molecule has 0 radical (unpaired) electrons. The first-order chi connectivity index (χ1) is 8.97. The normalized spacial score (nSPS) is 12.1. The Balaban J connectivity index is 2.46. The second-order valence-electron chi connectivity index (χ2n) is 5.56. The summed E-state index contributed by atoms with van der Waals surface area (Å²) in [5.74, 6) is 0.937. The van der Waals surface area contributed by atoms with Crippen LogP contribution in [0.3, 0.4) is 0 Å². The van der Waals surface area contributed by atoms with Crippen molar-refractivity contribution >= 4 is 5.95 Å². The summed E-state index contributed by atoms with van der Waals surface area (Å²) >= 11 is 0. The van der Waals surface area contributed by atoms with Crippen molar-refractivity contribution in [2.75, 3.05) is 39.2 Å². The molecule has 1 aromatic rings. The van der Waals surface area contributed by atoms with Crippen LogP contribution in [0.15, 0.2) is 12.4 Å². The highest BCUT2D eigenvalue weighted by atomic mass is 16.5. The van der Waals surface area contributed by atoms with Gasteiger partial charge < -0.3 is 19.5 Å². The number of imidazole rings is 1. The summed E-state index contributed by atoms with van der Waals surface area (Å²) in [5, 5.41) is 3.37. The molecule has 1 rings (SSSR count). The zero-order valence-corrected chi connectivity index (χ0v) is 12.9. The van der Waals surface area contributed by atoms with Crippen molar-refractivity contribution in [1.29, 1.82) is 0 Å². The van der Waals surface area contributed by atoms with Crippen LogP contribution in [0, 0.1) is 0 Å². The number of hydrogen-bond acceptors (Lipinski definition) is 4. The van der Waals surface area contributed by atoms with E-state index in [0.717, 1.165) is 38.7 Å². The van der Waals surface area contributed by atoms with Crippen molar-refractivity contribution in [3.8, 4) is 0 Å². The number of aromatic nitrogens is 2. The average molecular weight is 268 g/mol. The minimum absolute atomic E-state index is 0.0997. The topological polar surface area (TPSA) is 42.3 Å². The molecule has 0 unspecified atom stereocenters. The van der Waals surface area contributed by atoms with Crippen LogP contribution in [-0.4, -0.2) is 53.8 Å². The molecule has 0 fully saturated rings. The maximum Gasteiger partial charge on any atom is 0.202 e. The Morgan fingerprint density at radius 3 is 2.79 bits per heavy atom. The SMILES string of the molecule is CCOCCCNc1nccn1CC(C)(C)N(C)C. The van der Waals surface area contributed by atoms with Gasteiger partial charge in [-0.2, -0.15) is 0 Å². The third-order valence-corrected chi connectivity index (χ3v) is 3.44. The van der Waals surface area contributed by atoms with Crippen LogP contribution in [-0.2, 0) is 11.3 Å². The lowest BCUT2D eigenvalue weighted by atomic mass is 10.0. The van der Waals surface area contributed by atoms with Gasteiger partial charge in [0.1, 0.15) is 0 Å². The van der Waals surface area contributed by atoms with Crippen molar-refractivity contribution in [2.45, 2.75) is 39.3 Å². The number of ether oxygens (including phenoxy) is 1. The molecule has 0 amide bonds. The number of nitrogens with one attached hydrogen (secondary N) is 1. The predicted octanol–water partition coefficient (Wildman–Crippen LogP) is 2.06. The molecule has 1 N–H and O–H groups in total. The Hall–Kier alpha value is -1.07. The molecule has 0 aliphatic rings. The number of likely N-dealkylation sites (N-methyl/N-ethyl adjacent to an activating group) is 1. The highest BCUT2D eigenvalue weighted by molar-refractivity contribution is 5.25. The van der Waals surface area contributed by atoms with Gasteiger partial charge in [-0.05, 0) is 41.3 Å². The van der Waals surface area contributed by atoms with E-state index in [1.54, 1.807) is 0 Å². The van der Waals surface area contributed by atoms with E-state index in [0.29, 0.717) is 0 Å². The van der Waals surface area contributed by atoms with Crippen LogP contribution < -0.4 is 5.32 Å². The van der Waals surface area contributed by atoms with E-state index in [-0.39, 0.29) is 5.54 Å². The van der Waals surface area contributed by atoms with Crippen LogP contribution in [0.2, 0.25) is 0 Å². The highest BCUT2D eigenvalue weighted by Crippen LogP contribution is 2.16. The molecule has 110 valence electrons. The zero-order chi connectivity index (χ0) is 14.3. The van der Waals surface area contributed by atoms with Gasteiger partial charge in [-0.3, -0.25) is 0 Å². The Morgan fingerprint density at radius 1 is 1.42 bits per heavy atom. The van der Waals surface area contributed by atoms with Gasteiger partial charge in [-0.25, -0.2) is 4.98 Å². The number of anilines is 1. The number of nitrogens with zero attached hydrogens (tertiary/aromatic N) is 3. The van der Waals surface area contributed by atoms with Gasteiger partial charge >= 0.3 is 0 Å². The van der Waals surface area contributed by atoms with Gasteiger partial charge in [0, 0.05) is 44.2 Å². The molecule has 19 heavy (non-hydrogen) atoms. The van der Waals surface area contributed by atoms with Gasteiger partial charge in [-0.1, -0.05) is 0 Å². The first-order valence-corrected chi connectivity index (χ1v) is 6.97. The quantitative estimate of drug-likeness (QED) is 0.696. The maximum absolute atomic E-state index is 5.32. The molecule has 0 bridgehead atoms. The van der Waals surface area contributed by atoms with Crippen molar-refractivity contribution in [1.82, 2.24) is 14.5 Å². The Morgan fingerprint density at radius 2 is 2.16 bits per heavy atom. The van der Waals surface area contributed by atoms with E-state index < -0.39 is 0 Å². The van der Waals surface area contributed by atoms with E-state index in [1.165, 1.54) is 0 Å². The molecule has 0 saturated carbocycles. The van der Waals surface area contributed by atoms with E-state index in [1.807, 2.05) is 19.3 Å². The fraction of sp³-hybridized carbons (Fsp3) is 0.786. The first kappa shape index (κ1) is 16.0. The summed E-state index contributed by atoms with van der Waals surface area (Å²) < 4.78 is 7.49. The molecule has 0 atom stereocenters. The van der Waals surface area contributed by atoms with E-state index in [4.69, 9.17) is 4.74 Å².